The van der Waals surface area contributed by atoms with Crippen LogP contribution in [0, 0.1) is 0 Å². The van der Waals surface area contributed by atoms with E-state index in [2.05, 4.69) is 10.2 Å². The maximum absolute atomic E-state index is 12.9. The van der Waals surface area contributed by atoms with Crippen LogP contribution < -0.4 is 0 Å². The fourth-order valence-electron chi connectivity index (χ4n) is 3.46. The lowest BCUT2D eigenvalue weighted by atomic mass is 9.99. The molecule has 2 aliphatic rings. The van der Waals surface area contributed by atoms with Gasteiger partial charge in [0.05, 0.1) is 0 Å². The lowest BCUT2D eigenvalue weighted by Gasteiger charge is -2.34. The van der Waals surface area contributed by atoms with Gasteiger partial charge in [0.15, 0.2) is 0 Å². The van der Waals surface area contributed by atoms with Crippen molar-refractivity contribution in [1.29, 1.82) is 0 Å². The van der Waals surface area contributed by atoms with Gasteiger partial charge in [-0.25, -0.2) is 0 Å². The number of rotatable bonds is 3. The number of aryl methyl sites for hydroxylation is 1. The minimum atomic E-state index is -3.34. The Hall–Kier alpha value is -0.990. The van der Waals surface area contributed by atoms with Crippen LogP contribution in [0.3, 0.4) is 0 Å². The van der Waals surface area contributed by atoms with Gasteiger partial charge in [-0.05, 0) is 25.7 Å². The Morgan fingerprint density at radius 2 is 1.73 bits per heavy atom. The number of aromatic nitrogens is 3. The highest BCUT2D eigenvalue weighted by Crippen LogP contribution is 2.28. The van der Waals surface area contributed by atoms with Crippen molar-refractivity contribution in [3.63, 3.8) is 0 Å². The lowest BCUT2D eigenvalue weighted by molar-refractivity contribution is 0.278. The summed E-state index contributed by atoms with van der Waals surface area (Å²) in [6, 6.07) is 0. The van der Waals surface area contributed by atoms with Crippen molar-refractivity contribution in [1.82, 2.24) is 23.4 Å². The van der Waals surface area contributed by atoms with Crippen molar-refractivity contribution in [2.45, 2.75) is 44.4 Å². The molecule has 0 radical (unpaired) electrons. The van der Waals surface area contributed by atoms with E-state index in [-0.39, 0.29) is 5.92 Å². The molecule has 0 aromatic carbocycles. The highest BCUT2D eigenvalue weighted by molar-refractivity contribution is 7.86. The zero-order valence-electron chi connectivity index (χ0n) is 13.2. The molecule has 0 bridgehead atoms. The molecule has 22 heavy (non-hydrogen) atoms. The fourth-order valence-corrected chi connectivity index (χ4v) is 5.23. The van der Waals surface area contributed by atoms with Gasteiger partial charge in [-0.1, -0.05) is 12.8 Å². The van der Waals surface area contributed by atoms with Crippen LogP contribution >= 0.6 is 0 Å². The standard InChI is InChI=1S/C14H25N5O2S/c1-17-12-15-16-14(17)13-7-6-10-19(11-13)22(20,21)18-8-4-2-3-5-9-18/h12-13H,2-11H2,1H3. The molecule has 124 valence electrons. The average molecular weight is 327 g/mol. The number of piperidine rings is 1. The topological polar surface area (TPSA) is 71.3 Å². The Morgan fingerprint density at radius 3 is 2.36 bits per heavy atom. The summed E-state index contributed by atoms with van der Waals surface area (Å²) in [5.74, 6) is 1.03. The Kier molecular flexibility index (Phi) is 4.79. The third-order valence-corrected chi connectivity index (χ3v) is 6.72. The molecule has 2 saturated heterocycles. The van der Waals surface area contributed by atoms with Crippen LogP contribution in [0.2, 0.25) is 0 Å². The van der Waals surface area contributed by atoms with E-state index in [9.17, 15) is 8.42 Å². The van der Waals surface area contributed by atoms with Gasteiger partial charge < -0.3 is 4.57 Å². The third-order valence-electron chi connectivity index (χ3n) is 4.71. The van der Waals surface area contributed by atoms with Gasteiger partial charge >= 0.3 is 0 Å². The molecule has 0 amide bonds. The van der Waals surface area contributed by atoms with Crippen LogP contribution in [-0.4, -0.2) is 58.0 Å². The van der Waals surface area contributed by atoms with E-state index in [1.807, 2.05) is 11.6 Å². The van der Waals surface area contributed by atoms with Gasteiger partial charge in [-0.2, -0.15) is 17.0 Å². The van der Waals surface area contributed by atoms with Crippen molar-refractivity contribution >= 4 is 10.2 Å². The zero-order valence-corrected chi connectivity index (χ0v) is 14.0. The van der Waals surface area contributed by atoms with Crippen LogP contribution in [-0.2, 0) is 17.3 Å². The molecule has 0 aliphatic carbocycles. The van der Waals surface area contributed by atoms with Gasteiger partial charge in [0, 0.05) is 39.1 Å². The summed E-state index contributed by atoms with van der Waals surface area (Å²) in [6.45, 7) is 2.46. The number of hydrogen-bond acceptors (Lipinski definition) is 4. The van der Waals surface area contributed by atoms with Crippen molar-refractivity contribution in [2.24, 2.45) is 7.05 Å². The van der Waals surface area contributed by atoms with E-state index >= 15 is 0 Å². The minimum absolute atomic E-state index is 0.142. The van der Waals surface area contributed by atoms with E-state index in [1.54, 1.807) is 14.9 Å². The first kappa shape index (κ1) is 15.9. The maximum Gasteiger partial charge on any atom is 0.281 e. The summed E-state index contributed by atoms with van der Waals surface area (Å²) in [5, 5.41) is 8.08. The van der Waals surface area contributed by atoms with Gasteiger partial charge in [0.2, 0.25) is 0 Å². The molecule has 1 aromatic heterocycles. The second-order valence-corrected chi connectivity index (χ2v) is 8.25. The highest BCUT2D eigenvalue weighted by Gasteiger charge is 2.35. The average Bonchev–Trinajstić information content (AvgIpc) is 2.77. The molecule has 1 atom stereocenters. The SMILES string of the molecule is Cn1cnnc1C1CCCN(S(=O)(=O)N2CCCCCC2)C1. The first-order valence-electron chi connectivity index (χ1n) is 8.18. The fraction of sp³-hybridized carbons (Fsp3) is 0.857. The predicted octanol–water partition coefficient (Wildman–Crippen LogP) is 1.12. The van der Waals surface area contributed by atoms with Crippen LogP contribution in [0.4, 0.5) is 0 Å². The highest BCUT2D eigenvalue weighted by atomic mass is 32.2. The van der Waals surface area contributed by atoms with E-state index in [4.69, 9.17) is 0 Å². The first-order valence-corrected chi connectivity index (χ1v) is 9.58. The Bertz CT molecular complexity index is 592. The van der Waals surface area contributed by atoms with Crippen molar-refractivity contribution < 1.29 is 8.42 Å². The molecule has 0 N–H and O–H groups in total. The second kappa shape index (κ2) is 6.64. The van der Waals surface area contributed by atoms with E-state index in [0.717, 1.165) is 44.3 Å². The summed E-state index contributed by atoms with van der Waals surface area (Å²) < 4.78 is 31.0. The lowest BCUT2D eigenvalue weighted by Crippen LogP contribution is -2.48. The normalized spacial score (nSPS) is 26.0. The van der Waals surface area contributed by atoms with Gasteiger partial charge in [0.25, 0.3) is 10.2 Å². The molecule has 7 nitrogen and oxygen atoms in total. The molecular formula is C14H25N5O2S. The minimum Gasteiger partial charge on any atom is -0.320 e. The number of nitrogens with zero attached hydrogens (tertiary/aromatic N) is 5. The largest absolute Gasteiger partial charge is 0.320 e. The van der Waals surface area contributed by atoms with Crippen LogP contribution in [0.1, 0.15) is 50.3 Å². The molecule has 1 aromatic rings. The summed E-state index contributed by atoms with van der Waals surface area (Å²) in [5.41, 5.74) is 0. The summed E-state index contributed by atoms with van der Waals surface area (Å²) in [6.07, 6.45) is 7.74. The van der Waals surface area contributed by atoms with Crippen LogP contribution in [0.25, 0.3) is 0 Å². The van der Waals surface area contributed by atoms with Crippen molar-refractivity contribution in [3.05, 3.63) is 12.2 Å². The molecule has 3 heterocycles. The molecular weight excluding hydrogens is 302 g/mol. The first-order chi connectivity index (χ1) is 10.6. The van der Waals surface area contributed by atoms with E-state index < -0.39 is 10.2 Å². The molecule has 0 saturated carbocycles. The Labute approximate surface area is 132 Å². The van der Waals surface area contributed by atoms with E-state index in [0.29, 0.717) is 26.2 Å². The summed E-state index contributed by atoms with van der Waals surface area (Å²) in [4.78, 5) is 0. The Balaban J connectivity index is 1.74. The summed E-state index contributed by atoms with van der Waals surface area (Å²) in [7, 11) is -1.42. The van der Waals surface area contributed by atoms with E-state index in [1.165, 1.54) is 0 Å². The molecule has 8 heteroatoms. The molecule has 2 fully saturated rings. The predicted molar refractivity (Wildman–Crippen MR) is 83.5 cm³/mol. The molecule has 3 rings (SSSR count). The Morgan fingerprint density at radius 1 is 1.05 bits per heavy atom. The second-order valence-electron chi connectivity index (χ2n) is 6.32. The van der Waals surface area contributed by atoms with Crippen LogP contribution in [0.15, 0.2) is 6.33 Å². The van der Waals surface area contributed by atoms with Gasteiger partial charge in [-0.15, -0.1) is 10.2 Å². The summed E-state index contributed by atoms with van der Waals surface area (Å²) >= 11 is 0. The quantitative estimate of drug-likeness (QED) is 0.834. The van der Waals surface area contributed by atoms with Crippen molar-refractivity contribution in [3.8, 4) is 0 Å². The number of hydrogen-bond donors (Lipinski definition) is 0. The third kappa shape index (κ3) is 3.18. The molecule has 0 spiro atoms. The molecule has 1 unspecified atom stereocenters. The molecule has 2 aliphatic heterocycles. The maximum atomic E-state index is 12.9. The van der Waals surface area contributed by atoms with Gasteiger partial charge in [0.1, 0.15) is 12.2 Å². The smallest absolute Gasteiger partial charge is 0.281 e. The monoisotopic (exact) mass is 327 g/mol. The van der Waals surface area contributed by atoms with Gasteiger partial charge in [-0.3, -0.25) is 0 Å². The zero-order chi connectivity index (χ0) is 15.6. The van der Waals surface area contributed by atoms with Crippen molar-refractivity contribution in [2.75, 3.05) is 26.2 Å². The van der Waals surface area contributed by atoms with Crippen LogP contribution in [0.5, 0.6) is 0 Å².